The summed E-state index contributed by atoms with van der Waals surface area (Å²) < 4.78 is 22.4. The average molecular weight is 259 g/mol. The van der Waals surface area contributed by atoms with Crippen molar-refractivity contribution in [3.8, 4) is 0 Å². The highest BCUT2D eigenvalue weighted by Crippen LogP contribution is 2.22. The summed E-state index contributed by atoms with van der Waals surface area (Å²) in [5.74, 6) is 0.573. The van der Waals surface area contributed by atoms with Crippen molar-refractivity contribution in [3.63, 3.8) is 0 Å². The number of thiazole rings is 1. The molecule has 0 radical (unpaired) electrons. The summed E-state index contributed by atoms with van der Waals surface area (Å²) >= 11 is 1.46. The molecular formula is C10H13NO3S2. The van der Waals surface area contributed by atoms with Gasteiger partial charge in [0, 0.05) is 23.9 Å². The van der Waals surface area contributed by atoms with Gasteiger partial charge in [-0.25, -0.2) is 8.42 Å². The fourth-order valence-corrected chi connectivity index (χ4v) is 4.44. The van der Waals surface area contributed by atoms with Crippen LogP contribution in [0.5, 0.6) is 0 Å². The minimum absolute atomic E-state index is 0.0328. The molecule has 1 aromatic heterocycles. The van der Waals surface area contributed by atoms with E-state index >= 15 is 0 Å². The van der Waals surface area contributed by atoms with Gasteiger partial charge >= 0.3 is 0 Å². The number of carbonyl (C=O) groups excluding carboxylic acids is 1. The lowest BCUT2D eigenvalue weighted by Crippen LogP contribution is -2.11. The second-order valence-electron chi connectivity index (χ2n) is 4.16. The van der Waals surface area contributed by atoms with Crippen LogP contribution in [0.25, 0.3) is 0 Å². The Kier molecular flexibility index (Phi) is 3.39. The first-order valence-corrected chi connectivity index (χ1v) is 7.85. The average Bonchev–Trinajstić information content (AvgIpc) is 2.76. The fourth-order valence-electron chi connectivity index (χ4n) is 1.95. The third kappa shape index (κ3) is 3.12. The maximum Gasteiger partial charge on any atom is 0.150 e. The van der Waals surface area contributed by atoms with Gasteiger partial charge in [-0.3, -0.25) is 9.78 Å². The molecule has 1 unspecified atom stereocenters. The van der Waals surface area contributed by atoms with E-state index in [1.807, 2.05) is 0 Å². The summed E-state index contributed by atoms with van der Waals surface area (Å²) in [4.78, 5) is 16.5. The van der Waals surface area contributed by atoms with Crippen LogP contribution in [0.15, 0.2) is 11.7 Å². The first-order chi connectivity index (χ1) is 7.55. The van der Waals surface area contributed by atoms with E-state index in [4.69, 9.17) is 0 Å². The van der Waals surface area contributed by atoms with E-state index in [1.165, 1.54) is 11.3 Å². The number of hydrogen-bond donors (Lipinski definition) is 0. The first kappa shape index (κ1) is 11.7. The van der Waals surface area contributed by atoms with Gasteiger partial charge in [0.15, 0.2) is 9.84 Å². The molecule has 1 atom stereocenters. The van der Waals surface area contributed by atoms with Crippen LogP contribution in [-0.4, -0.2) is 30.7 Å². The molecule has 1 aliphatic rings. The largest absolute Gasteiger partial charge is 0.299 e. The highest BCUT2D eigenvalue weighted by molar-refractivity contribution is 7.91. The Balaban J connectivity index is 1.85. The first-order valence-electron chi connectivity index (χ1n) is 5.15. The molecule has 2 rings (SSSR count). The molecule has 16 heavy (non-hydrogen) atoms. The summed E-state index contributed by atoms with van der Waals surface area (Å²) in [6.45, 7) is 0. The quantitative estimate of drug-likeness (QED) is 0.811. The van der Waals surface area contributed by atoms with Gasteiger partial charge in [-0.05, 0) is 12.3 Å². The number of rotatable bonds is 4. The number of hydrogen-bond acceptors (Lipinski definition) is 5. The summed E-state index contributed by atoms with van der Waals surface area (Å²) in [6, 6.07) is 0. The van der Waals surface area contributed by atoms with Crippen molar-refractivity contribution in [1.29, 1.82) is 0 Å². The Labute approximate surface area is 98.6 Å². The van der Waals surface area contributed by atoms with Gasteiger partial charge in [0.25, 0.3) is 0 Å². The fraction of sp³-hybridized carbons (Fsp3) is 0.600. The zero-order valence-electron chi connectivity index (χ0n) is 8.76. The molecule has 88 valence electrons. The Morgan fingerprint density at radius 2 is 2.38 bits per heavy atom. The number of ketones is 1. The Morgan fingerprint density at radius 1 is 1.56 bits per heavy atom. The zero-order valence-corrected chi connectivity index (χ0v) is 10.4. The van der Waals surface area contributed by atoms with Gasteiger partial charge < -0.3 is 0 Å². The molecule has 6 heteroatoms. The van der Waals surface area contributed by atoms with Crippen molar-refractivity contribution in [2.24, 2.45) is 5.92 Å². The van der Waals surface area contributed by atoms with Gasteiger partial charge in [0.05, 0.1) is 17.0 Å². The van der Waals surface area contributed by atoms with Crippen LogP contribution in [0.4, 0.5) is 0 Å². The lowest BCUT2D eigenvalue weighted by molar-refractivity contribution is -0.119. The van der Waals surface area contributed by atoms with Crippen molar-refractivity contribution in [1.82, 2.24) is 4.98 Å². The third-order valence-electron chi connectivity index (χ3n) is 2.70. The maximum atomic E-state index is 11.7. The van der Waals surface area contributed by atoms with E-state index in [1.54, 1.807) is 11.7 Å². The molecule has 1 aliphatic heterocycles. The van der Waals surface area contributed by atoms with Crippen LogP contribution in [-0.2, 0) is 21.1 Å². The van der Waals surface area contributed by atoms with Crippen LogP contribution in [0.1, 0.15) is 17.7 Å². The topological polar surface area (TPSA) is 64.1 Å². The SMILES string of the molecule is O=C(Cc1cncs1)CC1CCS(=O)(=O)C1. The smallest absolute Gasteiger partial charge is 0.150 e. The summed E-state index contributed by atoms with van der Waals surface area (Å²) in [5.41, 5.74) is 1.70. The molecule has 0 aromatic carbocycles. The van der Waals surface area contributed by atoms with E-state index < -0.39 is 9.84 Å². The molecule has 1 saturated heterocycles. The van der Waals surface area contributed by atoms with Crippen molar-refractivity contribution in [2.45, 2.75) is 19.3 Å². The molecule has 1 aromatic rings. The monoisotopic (exact) mass is 259 g/mol. The summed E-state index contributed by atoms with van der Waals surface area (Å²) in [5, 5.41) is 0. The van der Waals surface area contributed by atoms with Crippen LogP contribution in [0.2, 0.25) is 0 Å². The van der Waals surface area contributed by atoms with Gasteiger partial charge in [0.1, 0.15) is 5.78 Å². The highest BCUT2D eigenvalue weighted by Gasteiger charge is 2.29. The van der Waals surface area contributed by atoms with Crippen molar-refractivity contribution in [3.05, 3.63) is 16.6 Å². The van der Waals surface area contributed by atoms with Crippen LogP contribution in [0.3, 0.4) is 0 Å². The normalized spacial score (nSPS) is 23.4. The molecule has 0 bridgehead atoms. The molecule has 2 heterocycles. The zero-order chi connectivity index (χ0) is 11.6. The van der Waals surface area contributed by atoms with E-state index in [0.29, 0.717) is 19.3 Å². The van der Waals surface area contributed by atoms with Crippen LogP contribution in [0, 0.1) is 5.92 Å². The van der Waals surface area contributed by atoms with Crippen LogP contribution >= 0.6 is 11.3 Å². The predicted octanol–water partition coefficient (Wildman–Crippen LogP) is 1.08. The van der Waals surface area contributed by atoms with Gasteiger partial charge in [-0.15, -0.1) is 11.3 Å². The van der Waals surface area contributed by atoms with Gasteiger partial charge in [-0.2, -0.15) is 0 Å². The molecule has 0 aliphatic carbocycles. The highest BCUT2D eigenvalue weighted by atomic mass is 32.2. The Hall–Kier alpha value is -0.750. The van der Waals surface area contributed by atoms with Crippen LogP contribution < -0.4 is 0 Å². The Bertz CT molecular complexity index is 464. The molecule has 0 amide bonds. The molecule has 0 N–H and O–H groups in total. The molecule has 0 saturated carbocycles. The second-order valence-corrected chi connectivity index (χ2v) is 7.36. The molecule has 1 fully saturated rings. The minimum atomic E-state index is -2.87. The van der Waals surface area contributed by atoms with E-state index in [-0.39, 0.29) is 23.2 Å². The summed E-state index contributed by atoms with van der Waals surface area (Å²) in [7, 11) is -2.87. The summed E-state index contributed by atoms with van der Waals surface area (Å²) in [6.07, 6.45) is 3.10. The second kappa shape index (κ2) is 4.63. The van der Waals surface area contributed by atoms with Crippen molar-refractivity contribution in [2.75, 3.05) is 11.5 Å². The lowest BCUT2D eigenvalue weighted by atomic mass is 10.0. The molecular weight excluding hydrogens is 246 g/mol. The number of Topliss-reactive ketones (excluding diaryl/α,β-unsaturated/α-hetero) is 1. The minimum Gasteiger partial charge on any atom is -0.299 e. The van der Waals surface area contributed by atoms with Crippen molar-refractivity contribution >= 4 is 27.0 Å². The van der Waals surface area contributed by atoms with Gasteiger partial charge in [0.2, 0.25) is 0 Å². The third-order valence-corrected chi connectivity index (χ3v) is 5.31. The van der Waals surface area contributed by atoms with Crippen molar-refractivity contribution < 1.29 is 13.2 Å². The van der Waals surface area contributed by atoms with E-state index in [2.05, 4.69) is 4.98 Å². The lowest BCUT2D eigenvalue weighted by Gasteiger charge is -2.04. The molecule has 4 nitrogen and oxygen atoms in total. The number of aromatic nitrogens is 1. The molecule has 0 spiro atoms. The van der Waals surface area contributed by atoms with E-state index in [9.17, 15) is 13.2 Å². The van der Waals surface area contributed by atoms with E-state index in [0.717, 1.165) is 4.88 Å². The standard InChI is InChI=1S/C10H13NO3S2/c12-9(4-10-5-11-7-15-10)3-8-1-2-16(13,14)6-8/h5,7-8H,1-4,6H2. The maximum absolute atomic E-state index is 11.7. The number of nitrogens with zero attached hydrogens (tertiary/aromatic N) is 1. The number of carbonyl (C=O) groups is 1. The predicted molar refractivity (Wildman–Crippen MR) is 62.2 cm³/mol. The van der Waals surface area contributed by atoms with Gasteiger partial charge in [-0.1, -0.05) is 0 Å². The number of sulfone groups is 1. The Morgan fingerprint density at radius 3 is 2.94 bits per heavy atom.